The number of esters is 1. The van der Waals surface area contributed by atoms with Crippen LogP contribution >= 0.6 is 0 Å². The fourth-order valence-electron chi connectivity index (χ4n) is 11.2. The molecule has 2 bridgehead atoms. The zero-order chi connectivity index (χ0) is 47.1. The summed E-state index contributed by atoms with van der Waals surface area (Å²) in [5.74, 6) is -3.24. The van der Waals surface area contributed by atoms with E-state index in [1.165, 1.54) is 0 Å². The Morgan fingerprint density at radius 1 is 0.908 bits per heavy atom. The van der Waals surface area contributed by atoms with Crippen LogP contribution in [0.25, 0.3) is 0 Å². The largest absolute Gasteiger partial charge is 0.462 e. The van der Waals surface area contributed by atoms with E-state index in [-0.39, 0.29) is 43.8 Å². The maximum absolute atomic E-state index is 14.4. The quantitative estimate of drug-likeness (QED) is 0.192. The number of hydrogen-bond acceptors (Lipinski definition) is 15. The summed E-state index contributed by atoms with van der Waals surface area (Å²) in [6.45, 7) is 17.9. The molecule has 0 radical (unpaired) electrons. The fraction of sp³-hybridized carbons (Fsp3) is 0.780. The van der Waals surface area contributed by atoms with E-state index in [4.69, 9.17) is 47.4 Å². The minimum Gasteiger partial charge on any atom is -0.462 e. The first-order valence-corrected chi connectivity index (χ1v) is 23.8. The minimum absolute atomic E-state index is 0.00322. The molecule has 15 heteroatoms. The van der Waals surface area contributed by atoms with Gasteiger partial charge < -0.3 is 67.8 Å². The van der Waals surface area contributed by atoms with Crippen LogP contribution in [0.2, 0.25) is 0 Å². The number of aliphatic hydroxyl groups is 4. The summed E-state index contributed by atoms with van der Waals surface area (Å²) in [5, 5.41) is 46.2. The van der Waals surface area contributed by atoms with Crippen LogP contribution in [0.3, 0.4) is 0 Å². The van der Waals surface area contributed by atoms with Crippen molar-refractivity contribution in [1.29, 1.82) is 0 Å². The van der Waals surface area contributed by atoms with Gasteiger partial charge in [-0.3, -0.25) is 4.79 Å². The van der Waals surface area contributed by atoms with Gasteiger partial charge in [0.2, 0.25) is 0 Å². The molecule has 7 aliphatic rings. The maximum Gasteiger partial charge on any atom is 0.316 e. The molecule has 0 saturated carbocycles. The summed E-state index contributed by atoms with van der Waals surface area (Å²) in [5.41, 5.74) is 0.981. The lowest BCUT2D eigenvalue weighted by atomic mass is 9.71. The molecule has 0 aromatic heterocycles. The molecule has 1 aliphatic carbocycles. The maximum atomic E-state index is 14.4. The van der Waals surface area contributed by atoms with Gasteiger partial charge in [-0.1, -0.05) is 64.2 Å². The molecule has 366 valence electrons. The second-order valence-corrected chi connectivity index (χ2v) is 20.2. The van der Waals surface area contributed by atoms with Crippen LogP contribution in [-0.4, -0.2) is 157 Å². The highest BCUT2D eigenvalue weighted by Crippen LogP contribution is 2.48. The van der Waals surface area contributed by atoms with Crippen LogP contribution in [0.15, 0.2) is 58.7 Å². The van der Waals surface area contributed by atoms with E-state index in [9.17, 15) is 25.2 Å². The lowest BCUT2D eigenvalue weighted by molar-refractivity contribution is -0.342. The Kier molecular flexibility index (Phi) is 16.1. The third-order valence-electron chi connectivity index (χ3n) is 14.9. The summed E-state index contributed by atoms with van der Waals surface area (Å²) >= 11 is 0. The lowest BCUT2D eigenvalue weighted by Crippen LogP contribution is -2.59. The summed E-state index contributed by atoms with van der Waals surface area (Å²) in [6, 6.07) is 0. The normalized spacial score (nSPS) is 48.7. The summed E-state index contributed by atoms with van der Waals surface area (Å²) in [7, 11) is 3.18. The van der Waals surface area contributed by atoms with Gasteiger partial charge >= 0.3 is 5.97 Å². The Bertz CT molecular complexity index is 1830. The fourth-order valence-corrected chi connectivity index (χ4v) is 11.2. The topological polar surface area (TPSA) is 190 Å². The van der Waals surface area contributed by atoms with E-state index >= 15 is 0 Å². The third kappa shape index (κ3) is 10.5. The van der Waals surface area contributed by atoms with Crippen LogP contribution in [0.1, 0.15) is 94.4 Å². The Labute approximate surface area is 385 Å². The number of hydrogen-bond donors (Lipinski definition) is 4. The molecule has 20 atom stereocenters. The number of carbonyl (C=O) groups excluding carboxylic acids is 1. The third-order valence-corrected chi connectivity index (χ3v) is 14.9. The van der Waals surface area contributed by atoms with E-state index in [2.05, 4.69) is 26.0 Å². The Morgan fingerprint density at radius 3 is 2.37 bits per heavy atom. The molecular formula is C50H76O15. The molecule has 6 heterocycles. The van der Waals surface area contributed by atoms with Crippen LogP contribution in [0, 0.1) is 23.7 Å². The average molecular weight is 917 g/mol. The highest BCUT2D eigenvalue weighted by Gasteiger charge is 2.60. The predicted molar refractivity (Wildman–Crippen MR) is 238 cm³/mol. The van der Waals surface area contributed by atoms with Crippen LogP contribution < -0.4 is 0 Å². The molecule has 0 amide bonds. The number of fused-ring (bicyclic) bond motifs is 2. The molecule has 1 spiro atoms. The van der Waals surface area contributed by atoms with Gasteiger partial charge in [0.05, 0.1) is 55.9 Å². The van der Waals surface area contributed by atoms with E-state index in [0.29, 0.717) is 30.4 Å². The number of ether oxygens (including phenoxy) is 10. The predicted octanol–water partition coefficient (Wildman–Crippen LogP) is 4.78. The van der Waals surface area contributed by atoms with Gasteiger partial charge in [-0.2, -0.15) is 0 Å². The molecule has 4 N–H and O–H groups in total. The Hall–Kier alpha value is -2.35. The monoisotopic (exact) mass is 917 g/mol. The van der Waals surface area contributed by atoms with Gasteiger partial charge in [0.1, 0.15) is 54.2 Å². The SMILES string of the molecule is CO[C@@H]1[C@@H](O)[C@H](C)OC[C@H]1O[C@H]1[C@H](C)O[C@@H](O[C@@H]2/C(C)=C/C[C@@H]3C[C@@H](C[C@@]4(C[C@H](O)[C@H](C)[C@@H](/C(C)=C/C(C)C)O4)O3)OC(=O)[C@@H]3C=C(C)[C@@H](O)[C@H]4OC/C(=C\C=C\[C@@H]2C)[C@]43O)C[C@@H]1OC. The molecule has 0 aromatic carbocycles. The van der Waals surface area contributed by atoms with Crippen molar-refractivity contribution in [3.05, 3.63) is 58.7 Å². The zero-order valence-corrected chi connectivity index (χ0v) is 40.2. The highest BCUT2D eigenvalue weighted by molar-refractivity contribution is 5.78. The molecule has 5 fully saturated rings. The van der Waals surface area contributed by atoms with Gasteiger partial charge in [-0.25, -0.2) is 0 Å². The van der Waals surface area contributed by atoms with Crippen molar-refractivity contribution in [1.82, 2.24) is 0 Å². The highest BCUT2D eigenvalue weighted by atomic mass is 16.7. The van der Waals surface area contributed by atoms with Crippen molar-refractivity contribution in [2.45, 2.75) is 198 Å². The summed E-state index contributed by atoms with van der Waals surface area (Å²) < 4.78 is 63.8. The van der Waals surface area contributed by atoms with Crippen LogP contribution in [0.4, 0.5) is 0 Å². The number of carbonyl (C=O) groups is 1. The Morgan fingerprint density at radius 2 is 1.66 bits per heavy atom. The molecule has 6 aliphatic heterocycles. The molecule has 0 unspecified atom stereocenters. The van der Waals surface area contributed by atoms with Crippen molar-refractivity contribution in [3.8, 4) is 0 Å². The van der Waals surface area contributed by atoms with Crippen molar-refractivity contribution in [3.63, 3.8) is 0 Å². The van der Waals surface area contributed by atoms with E-state index in [0.717, 1.165) is 11.1 Å². The van der Waals surface area contributed by atoms with Crippen molar-refractivity contribution in [2.24, 2.45) is 23.7 Å². The molecule has 5 saturated heterocycles. The van der Waals surface area contributed by atoms with Gasteiger partial charge in [-0.05, 0) is 69.2 Å². The van der Waals surface area contributed by atoms with Gasteiger partial charge in [0, 0.05) is 51.7 Å². The molecule has 15 nitrogen and oxygen atoms in total. The minimum atomic E-state index is -1.88. The Balaban J connectivity index is 1.20. The van der Waals surface area contributed by atoms with Gasteiger partial charge in [-0.15, -0.1) is 0 Å². The second kappa shape index (κ2) is 20.7. The molecule has 7 rings (SSSR count). The number of aliphatic hydroxyl groups excluding tert-OH is 3. The first-order chi connectivity index (χ1) is 30.8. The summed E-state index contributed by atoms with van der Waals surface area (Å²) in [6.07, 6.45) is 3.37. The number of rotatable bonds is 8. The number of methoxy groups -OCH3 is 2. The van der Waals surface area contributed by atoms with E-state index < -0.39 is 115 Å². The van der Waals surface area contributed by atoms with Crippen molar-refractivity contribution in [2.75, 3.05) is 27.4 Å². The summed E-state index contributed by atoms with van der Waals surface area (Å²) in [4.78, 5) is 14.4. The van der Waals surface area contributed by atoms with Crippen LogP contribution in [-0.2, 0) is 52.2 Å². The first-order valence-electron chi connectivity index (χ1n) is 23.8. The molecule has 65 heavy (non-hydrogen) atoms. The second-order valence-electron chi connectivity index (χ2n) is 20.2. The zero-order valence-electron chi connectivity index (χ0n) is 40.2. The van der Waals surface area contributed by atoms with Gasteiger partial charge in [0.15, 0.2) is 12.1 Å². The standard InChI is InChI=1S/C50H76O15/c1-25(2)17-29(6)44-30(7)37(51)22-49(65-44)21-35-19-34(64-49)16-15-27(4)43(26(3)13-12-14-33-23-59-47-41(52)28(5)18-36(48(54)61-35)50(33,47)55)63-40-20-38(56-10)45(32(9)60-40)62-39-24-58-31(8)42(53)46(39)57-11/h12-15,17-18,25-26,30-32,34-47,51-53,55H,16,19-24H2,1-11H3/b13-12+,27-15+,29-17+,33-14+/t26-,30-,31-,32-,34+,35-,36-,37-,38-,39+,40-,41+,42-,43-,44+,45-,46-,47+,49+,50+/m0/s1. The van der Waals surface area contributed by atoms with E-state index in [1.807, 2.05) is 46.8 Å². The van der Waals surface area contributed by atoms with Crippen LogP contribution in [0.5, 0.6) is 0 Å². The smallest absolute Gasteiger partial charge is 0.316 e. The van der Waals surface area contributed by atoms with Crippen molar-refractivity contribution >= 4 is 5.97 Å². The van der Waals surface area contributed by atoms with Gasteiger partial charge in [0.25, 0.3) is 0 Å². The average Bonchev–Trinajstić information content (AvgIpc) is 3.59. The number of allylic oxidation sites excluding steroid dienone is 3. The van der Waals surface area contributed by atoms with Crippen molar-refractivity contribution < 1.29 is 72.6 Å². The molecular weight excluding hydrogens is 841 g/mol. The molecule has 0 aromatic rings. The first kappa shape index (κ1) is 50.5. The van der Waals surface area contributed by atoms with E-state index in [1.54, 1.807) is 40.2 Å². The lowest BCUT2D eigenvalue weighted by Gasteiger charge is -2.51.